The molecule has 2 aromatic rings. The average Bonchev–Trinajstić information content (AvgIpc) is 2.54. The van der Waals surface area contributed by atoms with Crippen molar-refractivity contribution in [2.75, 3.05) is 11.9 Å². The van der Waals surface area contributed by atoms with Crippen molar-refractivity contribution in [3.8, 4) is 0 Å². The van der Waals surface area contributed by atoms with Gasteiger partial charge in [-0.05, 0) is 21.5 Å². The number of nitrogens with one attached hydrogen (secondary N) is 2. The van der Waals surface area contributed by atoms with Crippen LogP contribution in [-0.2, 0) is 18.4 Å². The van der Waals surface area contributed by atoms with Crippen LogP contribution in [0.4, 0.5) is 5.69 Å². The van der Waals surface area contributed by atoms with Gasteiger partial charge in [0.05, 0.1) is 11.9 Å². The lowest BCUT2D eigenvalue weighted by molar-refractivity contribution is -0.121. The van der Waals surface area contributed by atoms with Crippen molar-refractivity contribution in [1.29, 1.82) is 0 Å². The molecular formula is C15H17BrN4O2. The van der Waals surface area contributed by atoms with Gasteiger partial charge in [-0.15, -0.1) is 0 Å². The lowest BCUT2D eigenvalue weighted by atomic mass is 10.2. The Morgan fingerprint density at radius 2 is 2.05 bits per heavy atom. The maximum Gasteiger partial charge on any atom is 0.282 e. The maximum atomic E-state index is 11.8. The number of anilines is 1. The fourth-order valence-electron chi connectivity index (χ4n) is 1.83. The Labute approximate surface area is 136 Å². The molecule has 0 spiro atoms. The molecule has 1 heterocycles. The van der Waals surface area contributed by atoms with E-state index in [-0.39, 0.29) is 11.5 Å². The van der Waals surface area contributed by atoms with E-state index in [2.05, 4.69) is 31.7 Å². The smallest absolute Gasteiger partial charge is 0.282 e. The van der Waals surface area contributed by atoms with Crippen molar-refractivity contribution in [3.63, 3.8) is 0 Å². The molecule has 0 atom stereocenters. The van der Waals surface area contributed by atoms with E-state index in [1.54, 1.807) is 13.2 Å². The van der Waals surface area contributed by atoms with Crippen molar-refractivity contribution in [2.24, 2.45) is 7.05 Å². The van der Waals surface area contributed by atoms with Crippen LogP contribution in [0.5, 0.6) is 0 Å². The van der Waals surface area contributed by atoms with Crippen molar-refractivity contribution in [1.82, 2.24) is 15.1 Å². The molecule has 116 valence electrons. The van der Waals surface area contributed by atoms with E-state index in [1.165, 1.54) is 4.68 Å². The van der Waals surface area contributed by atoms with Gasteiger partial charge in [0.2, 0.25) is 5.91 Å². The molecule has 0 unspecified atom stereocenters. The van der Waals surface area contributed by atoms with Crippen molar-refractivity contribution in [2.45, 2.75) is 13.0 Å². The third-order valence-corrected chi connectivity index (χ3v) is 3.84. The Morgan fingerprint density at radius 1 is 1.32 bits per heavy atom. The summed E-state index contributed by atoms with van der Waals surface area (Å²) in [5.74, 6) is -0.0516. The first-order chi connectivity index (χ1) is 10.6. The fourth-order valence-corrected chi connectivity index (χ4v) is 2.33. The monoisotopic (exact) mass is 364 g/mol. The van der Waals surface area contributed by atoms with E-state index >= 15 is 0 Å². The van der Waals surface area contributed by atoms with Crippen LogP contribution in [0.3, 0.4) is 0 Å². The number of aryl methyl sites for hydroxylation is 1. The summed E-state index contributed by atoms with van der Waals surface area (Å²) in [4.78, 5) is 23.4. The zero-order valence-electron chi connectivity index (χ0n) is 12.2. The molecular weight excluding hydrogens is 348 g/mol. The highest BCUT2D eigenvalue weighted by atomic mass is 79.9. The third-order valence-electron chi connectivity index (χ3n) is 3.08. The first kappa shape index (κ1) is 16.2. The van der Waals surface area contributed by atoms with E-state index in [9.17, 15) is 9.59 Å². The van der Waals surface area contributed by atoms with Gasteiger partial charge in [0.15, 0.2) is 0 Å². The highest BCUT2D eigenvalue weighted by Gasteiger charge is 2.07. The zero-order chi connectivity index (χ0) is 15.9. The Balaban J connectivity index is 1.78. The summed E-state index contributed by atoms with van der Waals surface area (Å²) in [6, 6.07) is 9.72. The summed E-state index contributed by atoms with van der Waals surface area (Å²) in [6.07, 6.45) is 1.86. The van der Waals surface area contributed by atoms with Crippen LogP contribution in [0.2, 0.25) is 0 Å². The number of hydrogen-bond donors (Lipinski definition) is 2. The Morgan fingerprint density at radius 3 is 2.77 bits per heavy atom. The quantitative estimate of drug-likeness (QED) is 0.817. The molecule has 2 rings (SSSR count). The highest BCUT2D eigenvalue weighted by molar-refractivity contribution is 9.10. The molecule has 0 radical (unpaired) electrons. The summed E-state index contributed by atoms with van der Waals surface area (Å²) < 4.78 is 1.65. The van der Waals surface area contributed by atoms with Crippen LogP contribution in [-0.4, -0.2) is 22.2 Å². The maximum absolute atomic E-state index is 11.8. The van der Waals surface area contributed by atoms with Gasteiger partial charge < -0.3 is 10.6 Å². The molecule has 0 aliphatic carbocycles. The van der Waals surface area contributed by atoms with E-state index in [4.69, 9.17) is 0 Å². The Bertz CT molecular complexity index is 700. The van der Waals surface area contributed by atoms with Crippen LogP contribution in [0.25, 0.3) is 0 Å². The van der Waals surface area contributed by atoms with Gasteiger partial charge in [-0.25, -0.2) is 4.68 Å². The van der Waals surface area contributed by atoms with Crippen molar-refractivity contribution in [3.05, 3.63) is 56.9 Å². The number of amides is 1. The zero-order valence-corrected chi connectivity index (χ0v) is 13.8. The van der Waals surface area contributed by atoms with Gasteiger partial charge in [-0.1, -0.05) is 30.3 Å². The lowest BCUT2D eigenvalue weighted by Gasteiger charge is -2.09. The van der Waals surface area contributed by atoms with Crippen LogP contribution in [0.1, 0.15) is 12.0 Å². The Hall–Kier alpha value is -2.15. The summed E-state index contributed by atoms with van der Waals surface area (Å²) in [6.45, 7) is 0.935. The number of nitrogens with zero attached hydrogens (tertiary/aromatic N) is 2. The predicted molar refractivity (Wildman–Crippen MR) is 88.6 cm³/mol. The van der Waals surface area contributed by atoms with E-state index in [0.29, 0.717) is 29.7 Å². The van der Waals surface area contributed by atoms with Crippen molar-refractivity contribution < 1.29 is 4.79 Å². The summed E-state index contributed by atoms with van der Waals surface area (Å²) in [5, 5.41) is 9.80. The first-order valence-corrected chi connectivity index (χ1v) is 7.63. The predicted octanol–water partition coefficient (Wildman–Crippen LogP) is 1.66. The third kappa shape index (κ3) is 4.42. The topological polar surface area (TPSA) is 76.0 Å². The second-order valence-corrected chi connectivity index (χ2v) is 5.53. The van der Waals surface area contributed by atoms with Crippen LogP contribution in [0, 0.1) is 0 Å². The summed E-state index contributed by atoms with van der Waals surface area (Å²) >= 11 is 3.22. The van der Waals surface area contributed by atoms with Crippen LogP contribution < -0.4 is 16.2 Å². The molecule has 0 saturated heterocycles. The Kier molecular flexibility index (Phi) is 5.71. The second-order valence-electron chi connectivity index (χ2n) is 4.74. The molecule has 0 bridgehead atoms. The molecule has 7 heteroatoms. The first-order valence-electron chi connectivity index (χ1n) is 6.84. The van der Waals surface area contributed by atoms with E-state index in [1.807, 2.05) is 30.3 Å². The van der Waals surface area contributed by atoms with E-state index in [0.717, 1.165) is 5.56 Å². The minimum atomic E-state index is -0.224. The highest BCUT2D eigenvalue weighted by Crippen LogP contribution is 2.15. The van der Waals surface area contributed by atoms with Crippen molar-refractivity contribution >= 4 is 27.5 Å². The number of benzene rings is 1. The standard InChI is InChI=1S/C15H17BrN4O2/c1-20-15(22)14(16)12(10-19-20)17-8-7-13(21)18-9-11-5-3-2-4-6-11/h2-6,10,17H,7-9H2,1H3,(H,18,21). The molecule has 2 N–H and O–H groups in total. The number of hydrogen-bond acceptors (Lipinski definition) is 4. The minimum Gasteiger partial charge on any atom is -0.382 e. The number of rotatable bonds is 6. The minimum absolute atomic E-state index is 0.0516. The van der Waals surface area contributed by atoms with Crippen LogP contribution in [0.15, 0.2) is 45.8 Å². The molecule has 1 amide bonds. The average molecular weight is 365 g/mol. The summed E-state index contributed by atoms with van der Waals surface area (Å²) in [7, 11) is 1.58. The molecule has 22 heavy (non-hydrogen) atoms. The number of halogens is 1. The van der Waals surface area contributed by atoms with E-state index < -0.39 is 0 Å². The number of aromatic nitrogens is 2. The molecule has 0 fully saturated rings. The normalized spacial score (nSPS) is 10.3. The van der Waals surface area contributed by atoms with Gasteiger partial charge in [-0.2, -0.15) is 5.10 Å². The van der Waals surface area contributed by atoms with Crippen LogP contribution >= 0.6 is 15.9 Å². The molecule has 6 nitrogen and oxygen atoms in total. The fraction of sp³-hybridized carbons (Fsp3) is 0.267. The van der Waals surface area contributed by atoms with Gasteiger partial charge in [-0.3, -0.25) is 9.59 Å². The second kappa shape index (κ2) is 7.74. The summed E-state index contributed by atoms with van der Waals surface area (Å²) in [5.41, 5.74) is 1.42. The SMILES string of the molecule is Cn1ncc(NCCC(=O)NCc2ccccc2)c(Br)c1=O. The van der Waals surface area contributed by atoms with Gasteiger partial charge in [0, 0.05) is 26.6 Å². The number of carbonyl (C=O) groups excluding carboxylic acids is 1. The van der Waals surface area contributed by atoms with Gasteiger partial charge in [0.25, 0.3) is 5.56 Å². The van der Waals surface area contributed by atoms with Gasteiger partial charge in [0.1, 0.15) is 4.47 Å². The molecule has 0 saturated carbocycles. The molecule has 0 aliphatic heterocycles. The lowest BCUT2D eigenvalue weighted by Crippen LogP contribution is -2.26. The molecule has 0 aliphatic rings. The largest absolute Gasteiger partial charge is 0.382 e. The molecule has 1 aromatic carbocycles. The van der Waals surface area contributed by atoms with Gasteiger partial charge >= 0.3 is 0 Å². The molecule has 1 aromatic heterocycles. The number of carbonyl (C=O) groups is 1.